The van der Waals surface area contributed by atoms with Gasteiger partial charge in [-0.1, -0.05) is 24.6 Å². The molecule has 0 spiro atoms. The molecule has 1 aromatic heterocycles. The summed E-state index contributed by atoms with van der Waals surface area (Å²) in [6.45, 7) is 1.86. The first-order valence-corrected chi connectivity index (χ1v) is 8.23. The first-order valence-electron chi connectivity index (χ1n) is 7.24. The molecule has 4 N–H and O–H groups in total. The minimum Gasteiger partial charge on any atom is -0.368 e. The van der Waals surface area contributed by atoms with Crippen LogP contribution in [0.2, 0.25) is 0 Å². The molecule has 2 rings (SSSR count). The summed E-state index contributed by atoms with van der Waals surface area (Å²) >= 11 is 1.82. The highest BCUT2D eigenvalue weighted by Gasteiger charge is 2.27. The Hall–Kier alpha value is -1.46. The molecule has 0 saturated carbocycles. The maximum absolute atomic E-state index is 11.4. The van der Waals surface area contributed by atoms with Gasteiger partial charge in [0.25, 0.3) is 0 Å². The fraction of sp³-hybridized carbons (Fsp3) is 0.438. The summed E-state index contributed by atoms with van der Waals surface area (Å²) in [5.74, 6) is 0.749. The van der Waals surface area contributed by atoms with Gasteiger partial charge in [-0.25, -0.2) is 0 Å². The Kier molecular flexibility index (Phi) is 5.31. The van der Waals surface area contributed by atoms with Gasteiger partial charge in [0.15, 0.2) is 0 Å². The van der Waals surface area contributed by atoms with Crippen LogP contribution in [0.5, 0.6) is 0 Å². The lowest BCUT2D eigenvalue weighted by Crippen LogP contribution is -2.51. The average molecular weight is 305 g/mol. The second-order valence-corrected chi connectivity index (χ2v) is 6.61. The molecule has 0 fully saturated rings. The van der Waals surface area contributed by atoms with E-state index >= 15 is 0 Å². The first-order chi connectivity index (χ1) is 10.0. The third-order valence-corrected chi connectivity index (χ3v) is 4.95. The second-order valence-electron chi connectivity index (χ2n) is 5.47. The monoisotopic (exact) mass is 305 g/mol. The van der Waals surface area contributed by atoms with Gasteiger partial charge in [-0.3, -0.25) is 4.79 Å². The van der Waals surface area contributed by atoms with Crippen LogP contribution >= 0.6 is 11.8 Å². The van der Waals surface area contributed by atoms with E-state index in [1.54, 1.807) is 7.05 Å². The van der Waals surface area contributed by atoms with Crippen LogP contribution in [0, 0.1) is 0 Å². The highest BCUT2D eigenvalue weighted by molar-refractivity contribution is 7.99. The molecule has 1 amide bonds. The highest BCUT2D eigenvalue weighted by atomic mass is 32.2. The quantitative estimate of drug-likeness (QED) is 0.519. The van der Waals surface area contributed by atoms with E-state index in [-0.39, 0.29) is 5.91 Å². The lowest BCUT2D eigenvalue weighted by molar-refractivity contribution is -0.123. The van der Waals surface area contributed by atoms with E-state index in [1.165, 1.54) is 15.9 Å². The van der Waals surface area contributed by atoms with Crippen molar-refractivity contribution in [3.8, 4) is 0 Å². The number of hydrogen-bond acceptors (Lipinski definition) is 3. The van der Waals surface area contributed by atoms with Crippen LogP contribution < -0.4 is 11.1 Å². The van der Waals surface area contributed by atoms with Crippen molar-refractivity contribution in [2.75, 3.05) is 12.8 Å². The zero-order chi connectivity index (χ0) is 15.3. The number of nitrogens with one attached hydrogen (secondary N) is 2. The second kappa shape index (κ2) is 7.00. The number of hydrogen-bond donors (Lipinski definition) is 3. The smallest absolute Gasteiger partial charge is 0.237 e. The van der Waals surface area contributed by atoms with Gasteiger partial charge < -0.3 is 16.0 Å². The number of para-hydroxylation sites is 1. The Morgan fingerprint density at radius 3 is 2.81 bits per heavy atom. The summed E-state index contributed by atoms with van der Waals surface area (Å²) in [5.41, 5.74) is 6.00. The molecule has 0 aliphatic heterocycles. The summed E-state index contributed by atoms with van der Waals surface area (Å²) in [6, 6.07) is 10.5. The van der Waals surface area contributed by atoms with Crippen molar-refractivity contribution in [3.63, 3.8) is 0 Å². The van der Waals surface area contributed by atoms with E-state index in [2.05, 4.69) is 28.5 Å². The van der Waals surface area contributed by atoms with Crippen molar-refractivity contribution in [1.29, 1.82) is 0 Å². The molecule has 114 valence electrons. The largest absolute Gasteiger partial charge is 0.368 e. The molecule has 0 saturated heterocycles. The number of unbranched alkanes of at least 4 members (excludes halogenated alkanes) is 1. The van der Waals surface area contributed by atoms with Crippen LogP contribution in [-0.2, 0) is 4.79 Å². The molecule has 0 aliphatic carbocycles. The summed E-state index contributed by atoms with van der Waals surface area (Å²) in [6.07, 6.45) is 2.81. The minimum atomic E-state index is -0.591. The predicted octanol–water partition coefficient (Wildman–Crippen LogP) is 2.89. The third-order valence-electron chi connectivity index (χ3n) is 3.93. The SMILES string of the molecule is CNC(C)(CCCCSc1cc2ccccc2[nH]1)C(N)=O. The molecule has 0 bridgehead atoms. The fourth-order valence-electron chi connectivity index (χ4n) is 2.26. The number of H-pyrrole nitrogens is 1. The number of fused-ring (bicyclic) bond motifs is 1. The lowest BCUT2D eigenvalue weighted by Gasteiger charge is -2.25. The molecule has 1 heterocycles. The standard InChI is InChI=1S/C16H23N3OS/c1-16(18-2,15(17)20)9-5-6-10-21-14-11-12-7-3-4-8-13(12)19-14/h3-4,7-8,11,18-19H,5-6,9-10H2,1-2H3,(H2,17,20). The fourth-order valence-corrected chi connectivity index (χ4v) is 3.22. The molecule has 4 nitrogen and oxygen atoms in total. The van der Waals surface area contributed by atoms with Crippen LogP contribution in [0.1, 0.15) is 26.2 Å². The number of primary amides is 1. The van der Waals surface area contributed by atoms with Crippen molar-refractivity contribution >= 4 is 28.6 Å². The number of aromatic amines is 1. The molecule has 1 unspecified atom stereocenters. The summed E-state index contributed by atoms with van der Waals surface area (Å²) < 4.78 is 0. The van der Waals surface area contributed by atoms with E-state index in [1.807, 2.05) is 30.8 Å². The third kappa shape index (κ3) is 4.02. The number of rotatable bonds is 8. The van der Waals surface area contributed by atoms with Crippen LogP contribution in [0.3, 0.4) is 0 Å². The van der Waals surface area contributed by atoms with E-state index in [9.17, 15) is 4.79 Å². The Balaban J connectivity index is 1.76. The zero-order valence-electron chi connectivity index (χ0n) is 12.6. The summed E-state index contributed by atoms with van der Waals surface area (Å²) in [7, 11) is 1.78. The maximum Gasteiger partial charge on any atom is 0.237 e. The topological polar surface area (TPSA) is 70.9 Å². The van der Waals surface area contributed by atoms with Crippen molar-refractivity contribution in [2.24, 2.45) is 5.73 Å². The van der Waals surface area contributed by atoms with Gasteiger partial charge in [-0.2, -0.15) is 0 Å². The zero-order valence-corrected chi connectivity index (χ0v) is 13.4. The van der Waals surface area contributed by atoms with E-state index < -0.39 is 5.54 Å². The minimum absolute atomic E-state index is 0.284. The Morgan fingerprint density at radius 1 is 1.38 bits per heavy atom. The number of likely N-dealkylation sites (N-methyl/N-ethyl adjacent to an activating group) is 1. The van der Waals surface area contributed by atoms with Gasteiger partial charge in [-0.15, -0.1) is 11.8 Å². The van der Waals surface area contributed by atoms with Gasteiger partial charge >= 0.3 is 0 Å². The number of thioether (sulfide) groups is 1. The van der Waals surface area contributed by atoms with Crippen LogP contribution in [0.15, 0.2) is 35.4 Å². The summed E-state index contributed by atoms with van der Waals surface area (Å²) in [4.78, 5) is 14.8. The number of benzene rings is 1. The number of nitrogens with two attached hydrogens (primary N) is 1. The molecule has 1 aromatic carbocycles. The van der Waals surface area contributed by atoms with Gasteiger partial charge in [0.2, 0.25) is 5.91 Å². The number of carbonyl (C=O) groups is 1. The first kappa shape index (κ1) is 15.9. The van der Waals surface area contributed by atoms with Crippen LogP contribution in [0.4, 0.5) is 0 Å². The van der Waals surface area contributed by atoms with Crippen molar-refractivity contribution in [3.05, 3.63) is 30.3 Å². The molecule has 5 heteroatoms. The molecule has 0 radical (unpaired) electrons. The van der Waals surface area contributed by atoms with Gasteiger partial charge in [0.05, 0.1) is 10.6 Å². The molecule has 1 atom stereocenters. The van der Waals surface area contributed by atoms with Crippen LogP contribution in [-0.4, -0.2) is 29.2 Å². The predicted molar refractivity (Wildman–Crippen MR) is 89.5 cm³/mol. The summed E-state index contributed by atoms with van der Waals surface area (Å²) in [5, 5.41) is 5.46. The molecular formula is C16H23N3OS. The van der Waals surface area contributed by atoms with Crippen LogP contribution in [0.25, 0.3) is 10.9 Å². The molecule has 2 aromatic rings. The van der Waals surface area contributed by atoms with Crippen molar-refractivity contribution in [1.82, 2.24) is 10.3 Å². The Labute approximate surface area is 129 Å². The molecular weight excluding hydrogens is 282 g/mol. The lowest BCUT2D eigenvalue weighted by atomic mass is 9.94. The van der Waals surface area contributed by atoms with E-state index in [0.717, 1.165) is 25.0 Å². The maximum atomic E-state index is 11.4. The molecule has 21 heavy (non-hydrogen) atoms. The number of aromatic nitrogens is 1. The Morgan fingerprint density at radius 2 is 2.14 bits per heavy atom. The average Bonchev–Trinajstić information content (AvgIpc) is 2.89. The van der Waals surface area contributed by atoms with E-state index in [4.69, 9.17) is 5.73 Å². The number of carbonyl (C=O) groups excluding carboxylic acids is 1. The highest BCUT2D eigenvalue weighted by Crippen LogP contribution is 2.24. The van der Waals surface area contributed by atoms with Gasteiger partial charge in [0, 0.05) is 10.9 Å². The number of amides is 1. The normalized spacial score (nSPS) is 14.2. The van der Waals surface area contributed by atoms with E-state index in [0.29, 0.717) is 0 Å². The van der Waals surface area contributed by atoms with Crippen molar-refractivity contribution < 1.29 is 4.79 Å². The Bertz CT molecular complexity index is 577. The molecule has 0 aliphatic rings. The van der Waals surface area contributed by atoms with Gasteiger partial charge in [0.1, 0.15) is 0 Å². The van der Waals surface area contributed by atoms with Crippen molar-refractivity contribution in [2.45, 2.75) is 36.8 Å². The van der Waals surface area contributed by atoms with Gasteiger partial charge in [-0.05, 0) is 44.7 Å².